The first-order chi connectivity index (χ1) is 23.1. The Morgan fingerprint density at radius 1 is 0.375 bits per heavy atom. The highest BCUT2D eigenvalue weighted by atomic mass is 16.2. The van der Waals surface area contributed by atoms with E-state index in [9.17, 15) is 14.4 Å². The number of unbranched alkanes of at least 4 members (excludes halogenated alkanes) is 22. The van der Waals surface area contributed by atoms with Gasteiger partial charge in [-0.1, -0.05) is 183 Å². The number of nitrogens with one attached hydrogen (secondary N) is 2. The average Bonchev–Trinajstić information content (AvgIpc) is 3.05. The lowest BCUT2D eigenvalue weighted by Crippen LogP contribution is -2.37. The minimum Gasteiger partial charge on any atom is -0.356 e. The first kappa shape index (κ1) is 46.6. The zero-order valence-corrected chi connectivity index (χ0v) is 33.4. The quantitative estimate of drug-likeness (QED) is 0.0649. The summed E-state index contributed by atoms with van der Waals surface area (Å²) < 4.78 is 0. The van der Waals surface area contributed by atoms with Gasteiger partial charge in [0, 0.05) is 36.8 Å². The van der Waals surface area contributed by atoms with Gasteiger partial charge in [-0.25, -0.2) is 0 Å². The van der Waals surface area contributed by atoms with E-state index >= 15 is 0 Å². The molecule has 0 atom stereocenters. The molecule has 284 valence electrons. The van der Waals surface area contributed by atoms with Crippen LogP contribution in [0.5, 0.6) is 0 Å². The molecule has 0 saturated carbocycles. The van der Waals surface area contributed by atoms with E-state index in [1.165, 1.54) is 116 Å². The average molecular weight is 677 g/mol. The summed E-state index contributed by atoms with van der Waals surface area (Å²) in [5.74, 6) is 0.700. The SMILES string of the molecule is CCCCCCCCCCCCNC(=O)C(C)(C)CCCCCC(=O)CCCCCC(C)(C)C(=O)NCCCCCCCCCCCC. The lowest BCUT2D eigenvalue weighted by Gasteiger charge is -2.23. The molecule has 0 heterocycles. The summed E-state index contributed by atoms with van der Waals surface area (Å²) in [6.07, 6.45) is 35.0. The number of Topliss-reactive ketones (excluding diaryl/α,β-unsaturated/α-hetero) is 1. The van der Waals surface area contributed by atoms with E-state index in [0.717, 1.165) is 77.3 Å². The maximum atomic E-state index is 12.7. The first-order valence-corrected chi connectivity index (χ1v) is 21.1. The van der Waals surface area contributed by atoms with Crippen LogP contribution >= 0.6 is 0 Å². The van der Waals surface area contributed by atoms with E-state index in [2.05, 4.69) is 52.2 Å². The number of hydrogen-bond acceptors (Lipinski definition) is 3. The van der Waals surface area contributed by atoms with E-state index in [1.807, 2.05) is 0 Å². The summed E-state index contributed by atoms with van der Waals surface area (Å²) in [5, 5.41) is 6.33. The van der Waals surface area contributed by atoms with Crippen LogP contribution in [0, 0.1) is 10.8 Å². The molecule has 0 aromatic rings. The highest BCUT2D eigenvalue weighted by Gasteiger charge is 2.27. The normalized spacial score (nSPS) is 12.0. The molecule has 2 N–H and O–H groups in total. The van der Waals surface area contributed by atoms with Gasteiger partial charge in [0.15, 0.2) is 0 Å². The van der Waals surface area contributed by atoms with Crippen molar-refractivity contribution in [1.82, 2.24) is 10.6 Å². The van der Waals surface area contributed by atoms with Gasteiger partial charge in [-0.2, -0.15) is 0 Å². The van der Waals surface area contributed by atoms with Gasteiger partial charge in [-0.05, 0) is 38.5 Å². The zero-order chi connectivity index (χ0) is 35.8. The van der Waals surface area contributed by atoms with Crippen LogP contribution in [0.15, 0.2) is 0 Å². The van der Waals surface area contributed by atoms with Gasteiger partial charge in [0.25, 0.3) is 0 Å². The van der Waals surface area contributed by atoms with Crippen molar-refractivity contribution in [3.63, 3.8) is 0 Å². The molecule has 0 aliphatic heterocycles. The van der Waals surface area contributed by atoms with E-state index in [0.29, 0.717) is 18.6 Å². The fourth-order valence-electron chi connectivity index (χ4n) is 6.59. The maximum Gasteiger partial charge on any atom is 0.225 e. The summed E-state index contributed by atoms with van der Waals surface area (Å²) in [5.41, 5.74) is -0.694. The molecule has 2 amide bonds. The predicted molar refractivity (Wildman–Crippen MR) is 208 cm³/mol. The van der Waals surface area contributed by atoms with Crippen molar-refractivity contribution < 1.29 is 14.4 Å². The molecule has 0 spiro atoms. The van der Waals surface area contributed by atoms with Crippen LogP contribution < -0.4 is 10.6 Å². The van der Waals surface area contributed by atoms with E-state index < -0.39 is 0 Å². The lowest BCUT2D eigenvalue weighted by molar-refractivity contribution is -0.130. The molecule has 0 fully saturated rings. The lowest BCUT2D eigenvalue weighted by atomic mass is 9.85. The molecule has 0 aliphatic carbocycles. The zero-order valence-electron chi connectivity index (χ0n) is 33.4. The third-order valence-corrected chi connectivity index (χ3v) is 10.4. The second kappa shape index (κ2) is 31.6. The number of rotatable bonds is 36. The summed E-state index contributed by atoms with van der Waals surface area (Å²) >= 11 is 0. The molecular formula is C43H84N2O3. The summed E-state index contributed by atoms with van der Waals surface area (Å²) in [7, 11) is 0. The van der Waals surface area contributed by atoms with Gasteiger partial charge >= 0.3 is 0 Å². The number of amides is 2. The van der Waals surface area contributed by atoms with Crippen molar-refractivity contribution in [1.29, 1.82) is 0 Å². The minimum atomic E-state index is -0.347. The Morgan fingerprint density at radius 3 is 0.958 bits per heavy atom. The number of hydrogen-bond donors (Lipinski definition) is 2. The van der Waals surface area contributed by atoms with Gasteiger partial charge in [-0.3, -0.25) is 14.4 Å². The third kappa shape index (κ3) is 28.4. The fourth-order valence-corrected chi connectivity index (χ4v) is 6.59. The molecule has 0 saturated heterocycles. The molecule has 0 aliphatic rings. The fraction of sp³-hybridized carbons (Fsp3) is 0.930. The molecule has 0 unspecified atom stereocenters. The van der Waals surface area contributed by atoms with E-state index in [4.69, 9.17) is 0 Å². The van der Waals surface area contributed by atoms with Crippen molar-refractivity contribution >= 4 is 17.6 Å². The molecule has 0 bridgehead atoms. The van der Waals surface area contributed by atoms with Gasteiger partial charge < -0.3 is 10.6 Å². The van der Waals surface area contributed by atoms with Crippen molar-refractivity contribution in [2.45, 2.75) is 234 Å². The molecular weight excluding hydrogens is 592 g/mol. The van der Waals surface area contributed by atoms with Crippen molar-refractivity contribution in [3.8, 4) is 0 Å². The highest BCUT2D eigenvalue weighted by molar-refractivity contribution is 5.82. The minimum absolute atomic E-state index is 0.171. The van der Waals surface area contributed by atoms with Gasteiger partial charge in [-0.15, -0.1) is 0 Å². The molecule has 0 aromatic carbocycles. The van der Waals surface area contributed by atoms with Crippen LogP contribution in [-0.2, 0) is 14.4 Å². The second-order valence-corrected chi connectivity index (χ2v) is 16.3. The smallest absolute Gasteiger partial charge is 0.225 e. The maximum absolute atomic E-state index is 12.7. The Hall–Kier alpha value is -1.39. The first-order valence-electron chi connectivity index (χ1n) is 21.1. The molecule has 0 aromatic heterocycles. The van der Waals surface area contributed by atoms with Crippen LogP contribution in [0.2, 0.25) is 0 Å². The van der Waals surface area contributed by atoms with Crippen LogP contribution in [0.25, 0.3) is 0 Å². The van der Waals surface area contributed by atoms with Crippen LogP contribution in [0.4, 0.5) is 0 Å². The Kier molecular flexibility index (Phi) is 30.7. The Balaban J connectivity index is 3.75. The Labute approximate surface area is 300 Å². The van der Waals surface area contributed by atoms with Gasteiger partial charge in [0.05, 0.1) is 0 Å². The molecule has 0 radical (unpaired) electrons. The molecule has 0 rings (SSSR count). The predicted octanol–water partition coefficient (Wildman–Crippen LogP) is 12.6. The highest BCUT2D eigenvalue weighted by Crippen LogP contribution is 2.26. The van der Waals surface area contributed by atoms with Crippen molar-refractivity contribution in [3.05, 3.63) is 0 Å². The topological polar surface area (TPSA) is 75.3 Å². The van der Waals surface area contributed by atoms with Gasteiger partial charge in [0.1, 0.15) is 5.78 Å². The molecule has 5 heteroatoms. The van der Waals surface area contributed by atoms with Crippen LogP contribution in [0.1, 0.15) is 234 Å². The number of ketones is 1. The van der Waals surface area contributed by atoms with Crippen LogP contribution in [-0.4, -0.2) is 30.7 Å². The number of carbonyl (C=O) groups excluding carboxylic acids is 3. The summed E-state index contributed by atoms with van der Waals surface area (Å²) in [4.78, 5) is 37.8. The van der Waals surface area contributed by atoms with E-state index in [-0.39, 0.29) is 22.6 Å². The van der Waals surface area contributed by atoms with Crippen molar-refractivity contribution in [2.75, 3.05) is 13.1 Å². The van der Waals surface area contributed by atoms with Gasteiger partial charge in [0.2, 0.25) is 11.8 Å². The summed E-state index contributed by atoms with van der Waals surface area (Å²) in [6, 6.07) is 0. The van der Waals surface area contributed by atoms with Crippen molar-refractivity contribution in [2.24, 2.45) is 10.8 Å². The Bertz CT molecular complexity index is 714. The Morgan fingerprint density at radius 2 is 0.646 bits per heavy atom. The standard InChI is InChI=1S/C43H84N2O3/c1-7-9-11-13-15-17-19-21-23-31-37-44-40(47)42(3,4)35-29-25-27-33-39(46)34-28-26-30-36-43(5,6)41(48)45-38-32-24-22-20-18-16-14-12-10-8-2/h7-38H2,1-6H3,(H,44,47)(H,45,48). The third-order valence-electron chi connectivity index (χ3n) is 10.4. The number of carbonyl (C=O) groups is 3. The van der Waals surface area contributed by atoms with E-state index in [1.54, 1.807) is 0 Å². The largest absolute Gasteiger partial charge is 0.356 e. The second-order valence-electron chi connectivity index (χ2n) is 16.3. The molecule has 48 heavy (non-hydrogen) atoms. The summed E-state index contributed by atoms with van der Waals surface area (Å²) in [6.45, 7) is 14.3. The van der Waals surface area contributed by atoms with Crippen LogP contribution in [0.3, 0.4) is 0 Å². The molecule has 5 nitrogen and oxygen atoms in total. The monoisotopic (exact) mass is 677 g/mol.